The lowest BCUT2D eigenvalue weighted by atomic mass is 10.2. The number of anilines is 1. The molecule has 84 valence electrons. The normalized spacial score (nSPS) is 10.8. The molecule has 3 aromatic rings. The maximum absolute atomic E-state index is 5.76. The molecule has 0 radical (unpaired) electrons. The SMILES string of the molecule is Nc1ccc2nnc(Cc3ccncc3)n2c1. The summed E-state index contributed by atoms with van der Waals surface area (Å²) in [6, 6.07) is 7.61. The van der Waals surface area contributed by atoms with E-state index in [9.17, 15) is 0 Å². The van der Waals surface area contributed by atoms with Crippen molar-refractivity contribution in [2.45, 2.75) is 6.42 Å². The lowest BCUT2D eigenvalue weighted by molar-refractivity contribution is 0.933. The van der Waals surface area contributed by atoms with Gasteiger partial charge in [0, 0.05) is 30.7 Å². The van der Waals surface area contributed by atoms with Crippen LogP contribution in [0.2, 0.25) is 0 Å². The van der Waals surface area contributed by atoms with Crippen LogP contribution in [0.25, 0.3) is 5.65 Å². The monoisotopic (exact) mass is 225 g/mol. The highest BCUT2D eigenvalue weighted by Crippen LogP contribution is 2.11. The predicted molar refractivity (Wildman–Crippen MR) is 64.4 cm³/mol. The molecule has 0 aliphatic heterocycles. The Morgan fingerprint density at radius 1 is 1.06 bits per heavy atom. The Balaban J connectivity index is 2.03. The van der Waals surface area contributed by atoms with Crippen LogP contribution in [-0.4, -0.2) is 19.6 Å². The summed E-state index contributed by atoms with van der Waals surface area (Å²) in [5, 5.41) is 8.27. The Labute approximate surface area is 97.9 Å². The van der Waals surface area contributed by atoms with E-state index in [0.29, 0.717) is 12.1 Å². The maximum Gasteiger partial charge on any atom is 0.160 e. The van der Waals surface area contributed by atoms with Gasteiger partial charge in [0.15, 0.2) is 5.65 Å². The minimum Gasteiger partial charge on any atom is -0.398 e. The van der Waals surface area contributed by atoms with Crippen molar-refractivity contribution >= 4 is 11.3 Å². The second-order valence-electron chi connectivity index (χ2n) is 3.84. The van der Waals surface area contributed by atoms with Gasteiger partial charge in [0.25, 0.3) is 0 Å². The van der Waals surface area contributed by atoms with Crippen molar-refractivity contribution in [1.29, 1.82) is 0 Å². The van der Waals surface area contributed by atoms with E-state index in [2.05, 4.69) is 15.2 Å². The highest BCUT2D eigenvalue weighted by atomic mass is 15.2. The Bertz CT molecular complexity index is 644. The molecule has 0 spiro atoms. The highest BCUT2D eigenvalue weighted by molar-refractivity contribution is 5.47. The van der Waals surface area contributed by atoms with Crippen LogP contribution < -0.4 is 5.73 Å². The molecule has 0 unspecified atom stereocenters. The number of fused-ring (bicyclic) bond motifs is 1. The number of rotatable bonds is 2. The zero-order valence-corrected chi connectivity index (χ0v) is 9.11. The Kier molecular flexibility index (Phi) is 2.22. The molecular weight excluding hydrogens is 214 g/mol. The first-order chi connectivity index (χ1) is 8.33. The van der Waals surface area contributed by atoms with Gasteiger partial charge in [0.05, 0.1) is 0 Å². The summed E-state index contributed by atoms with van der Waals surface area (Å²) >= 11 is 0. The Hall–Kier alpha value is -2.43. The molecule has 5 heteroatoms. The van der Waals surface area contributed by atoms with Gasteiger partial charge in [-0.1, -0.05) is 0 Å². The van der Waals surface area contributed by atoms with Crippen molar-refractivity contribution in [1.82, 2.24) is 19.6 Å². The van der Waals surface area contributed by atoms with E-state index in [0.717, 1.165) is 17.0 Å². The molecule has 0 bridgehead atoms. The first-order valence-corrected chi connectivity index (χ1v) is 5.31. The molecule has 0 aliphatic rings. The van der Waals surface area contributed by atoms with Crippen molar-refractivity contribution in [2.75, 3.05) is 5.73 Å². The van der Waals surface area contributed by atoms with E-state index in [4.69, 9.17) is 5.73 Å². The van der Waals surface area contributed by atoms with E-state index in [1.165, 1.54) is 0 Å². The molecule has 5 nitrogen and oxygen atoms in total. The molecule has 0 aromatic carbocycles. The van der Waals surface area contributed by atoms with Gasteiger partial charge in [0.2, 0.25) is 0 Å². The summed E-state index contributed by atoms with van der Waals surface area (Å²) in [5.41, 5.74) is 8.42. The maximum atomic E-state index is 5.76. The molecule has 0 saturated heterocycles. The van der Waals surface area contributed by atoms with E-state index in [1.54, 1.807) is 12.4 Å². The van der Waals surface area contributed by atoms with Crippen molar-refractivity contribution in [3.8, 4) is 0 Å². The van der Waals surface area contributed by atoms with Crippen LogP contribution in [0.1, 0.15) is 11.4 Å². The van der Waals surface area contributed by atoms with Crippen LogP contribution in [0.15, 0.2) is 42.9 Å². The van der Waals surface area contributed by atoms with Crippen LogP contribution in [-0.2, 0) is 6.42 Å². The molecule has 0 fully saturated rings. The zero-order valence-electron chi connectivity index (χ0n) is 9.11. The largest absolute Gasteiger partial charge is 0.398 e. The third-order valence-corrected chi connectivity index (χ3v) is 2.61. The molecule has 3 aromatic heterocycles. The number of nitrogens with zero attached hydrogens (tertiary/aromatic N) is 4. The minimum atomic E-state index is 0.702. The van der Waals surface area contributed by atoms with Crippen molar-refractivity contribution in [3.05, 3.63) is 54.2 Å². The van der Waals surface area contributed by atoms with Crippen LogP contribution in [0.4, 0.5) is 5.69 Å². The molecule has 3 rings (SSSR count). The van der Waals surface area contributed by atoms with Gasteiger partial charge in [-0.05, 0) is 29.8 Å². The molecule has 0 saturated carbocycles. The van der Waals surface area contributed by atoms with Gasteiger partial charge >= 0.3 is 0 Å². The number of nitrogens with two attached hydrogens (primary N) is 1. The summed E-state index contributed by atoms with van der Waals surface area (Å²) in [6.45, 7) is 0. The topological polar surface area (TPSA) is 69.1 Å². The third kappa shape index (κ3) is 1.82. The fourth-order valence-corrected chi connectivity index (χ4v) is 1.76. The average molecular weight is 225 g/mol. The molecule has 0 atom stereocenters. The van der Waals surface area contributed by atoms with Crippen LogP contribution in [0.5, 0.6) is 0 Å². The molecular formula is C12H11N5. The van der Waals surface area contributed by atoms with Crippen molar-refractivity contribution in [2.24, 2.45) is 0 Å². The zero-order chi connectivity index (χ0) is 11.7. The number of pyridine rings is 2. The molecule has 0 amide bonds. The summed E-state index contributed by atoms with van der Waals surface area (Å²) in [4.78, 5) is 3.99. The first-order valence-electron chi connectivity index (χ1n) is 5.31. The quantitative estimate of drug-likeness (QED) is 0.713. The van der Waals surface area contributed by atoms with E-state index < -0.39 is 0 Å². The van der Waals surface area contributed by atoms with Gasteiger partial charge < -0.3 is 5.73 Å². The van der Waals surface area contributed by atoms with E-state index in [1.807, 2.05) is 34.9 Å². The first kappa shape index (κ1) is 9.77. The van der Waals surface area contributed by atoms with E-state index >= 15 is 0 Å². The highest BCUT2D eigenvalue weighted by Gasteiger charge is 2.06. The van der Waals surface area contributed by atoms with Gasteiger partial charge in [-0.3, -0.25) is 9.38 Å². The number of aromatic nitrogens is 4. The van der Waals surface area contributed by atoms with Gasteiger partial charge in [-0.25, -0.2) is 0 Å². The molecule has 2 N–H and O–H groups in total. The van der Waals surface area contributed by atoms with Crippen molar-refractivity contribution in [3.63, 3.8) is 0 Å². The van der Waals surface area contributed by atoms with Gasteiger partial charge in [-0.15, -0.1) is 10.2 Å². The fraction of sp³-hybridized carbons (Fsp3) is 0.0833. The Morgan fingerprint density at radius 3 is 2.71 bits per heavy atom. The third-order valence-electron chi connectivity index (χ3n) is 2.61. The van der Waals surface area contributed by atoms with Gasteiger partial charge in [-0.2, -0.15) is 0 Å². The molecule has 17 heavy (non-hydrogen) atoms. The lowest BCUT2D eigenvalue weighted by Crippen LogP contribution is -1.98. The second kappa shape index (κ2) is 3.86. The standard InChI is InChI=1S/C12H11N5/c13-10-1-2-11-15-16-12(17(11)8-10)7-9-3-5-14-6-4-9/h1-6,8H,7,13H2. The fourth-order valence-electron chi connectivity index (χ4n) is 1.76. The number of nitrogen functional groups attached to an aromatic ring is 1. The summed E-state index contributed by atoms with van der Waals surface area (Å²) in [6.07, 6.45) is 6.10. The summed E-state index contributed by atoms with van der Waals surface area (Å²) in [7, 11) is 0. The summed E-state index contributed by atoms with van der Waals surface area (Å²) < 4.78 is 1.91. The number of hydrogen-bond donors (Lipinski definition) is 1. The minimum absolute atomic E-state index is 0.702. The average Bonchev–Trinajstić information content (AvgIpc) is 2.73. The van der Waals surface area contributed by atoms with Gasteiger partial charge in [0.1, 0.15) is 5.82 Å². The molecule has 3 heterocycles. The predicted octanol–water partition coefficient (Wildman–Crippen LogP) is 1.30. The van der Waals surface area contributed by atoms with Crippen LogP contribution >= 0.6 is 0 Å². The van der Waals surface area contributed by atoms with Crippen LogP contribution in [0, 0.1) is 0 Å². The van der Waals surface area contributed by atoms with E-state index in [-0.39, 0.29) is 0 Å². The molecule has 0 aliphatic carbocycles. The lowest BCUT2D eigenvalue weighted by Gasteiger charge is -2.00. The van der Waals surface area contributed by atoms with Crippen molar-refractivity contribution < 1.29 is 0 Å². The Morgan fingerprint density at radius 2 is 1.88 bits per heavy atom. The smallest absolute Gasteiger partial charge is 0.160 e. The summed E-state index contributed by atoms with van der Waals surface area (Å²) in [5.74, 6) is 0.874. The van der Waals surface area contributed by atoms with Crippen LogP contribution in [0.3, 0.4) is 0 Å². The second-order valence-corrected chi connectivity index (χ2v) is 3.84. The number of hydrogen-bond acceptors (Lipinski definition) is 4.